The normalized spacial score (nSPS) is 19.6. The van der Waals surface area contributed by atoms with E-state index < -0.39 is 12.2 Å². The van der Waals surface area contributed by atoms with Gasteiger partial charge in [-0.1, -0.05) is 36.7 Å². The Morgan fingerprint density at radius 3 is 2.36 bits per heavy atom. The lowest BCUT2D eigenvalue weighted by molar-refractivity contribution is -0.142. The second-order valence-corrected chi connectivity index (χ2v) is 12.9. The summed E-state index contributed by atoms with van der Waals surface area (Å²) in [6.07, 6.45) is 2.46. The first kappa shape index (κ1) is 31.4. The van der Waals surface area contributed by atoms with Gasteiger partial charge in [0, 0.05) is 70.9 Å². The van der Waals surface area contributed by atoms with E-state index in [-0.39, 0.29) is 24.1 Å². The fourth-order valence-electron chi connectivity index (χ4n) is 7.18. The lowest BCUT2D eigenvalue weighted by Crippen LogP contribution is -2.54. The monoisotopic (exact) mass is 637 g/mol. The molecule has 3 aliphatic heterocycles. The van der Waals surface area contributed by atoms with E-state index in [2.05, 4.69) is 15.2 Å². The number of aryl methyl sites for hydroxylation is 1. The summed E-state index contributed by atoms with van der Waals surface area (Å²) >= 11 is 6.46. The number of nitrogens with zero attached hydrogens (tertiary/aromatic N) is 4. The number of aromatic amines is 1. The number of imidazole rings is 1. The molecule has 1 aromatic heterocycles. The van der Waals surface area contributed by atoms with Crippen LogP contribution in [-0.4, -0.2) is 101 Å². The molecular formula is C33H44ClN7O4. The average molecular weight is 638 g/mol. The van der Waals surface area contributed by atoms with Crippen molar-refractivity contribution in [2.24, 2.45) is 0 Å². The average Bonchev–Trinajstić information content (AvgIpc) is 3.41. The first-order chi connectivity index (χ1) is 21.8. The number of carbonyl (C=O) groups excluding carboxylic acids is 2. The number of rotatable bonds is 7. The number of ether oxygens (including phenoxy) is 1. The van der Waals surface area contributed by atoms with Crippen molar-refractivity contribution in [1.29, 1.82) is 0 Å². The lowest BCUT2D eigenvalue weighted by atomic mass is 9.99. The van der Waals surface area contributed by atoms with Crippen molar-refractivity contribution in [2.45, 2.75) is 63.6 Å². The lowest BCUT2D eigenvalue weighted by Gasteiger charge is -2.41. The van der Waals surface area contributed by atoms with E-state index in [1.807, 2.05) is 42.2 Å². The van der Waals surface area contributed by atoms with E-state index in [0.29, 0.717) is 62.2 Å². The molecule has 0 saturated carbocycles. The highest BCUT2D eigenvalue weighted by atomic mass is 35.5. The number of likely N-dealkylation sites (tertiary alicyclic amines) is 2. The fraction of sp³-hybridized carbons (Fsp3) is 0.545. The van der Waals surface area contributed by atoms with E-state index in [1.54, 1.807) is 15.5 Å². The molecule has 242 valence electrons. The smallest absolute Gasteiger partial charge is 0.410 e. The van der Waals surface area contributed by atoms with Crippen LogP contribution in [0.4, 0.5) is 10.5 Å². The number of amides is 2. The minimum atomic E-state index is -0.980. The van der Waals surface area contributed by atoms with Crippen LogP contribution in [-0.2, 0) is 22.4 Å². The zero-order valence-corrected chi connectivity index (χ0v) is 26.7. The Morgan fingerprint density at radius 2 is 1.64 bits per heavy atom. The third-order valence-electron chi connectivity index (χ3n) is 9.75. The molecule has 4 N–H and O–H groups in total. The largest absolute Gasteiger partial charge is 0.436 e. The van der Waals surface area contributed by atoms with Gasteiger partial charge in [0.05, 0.1) is 21.7 Å². The third-order valence-corrected chi connectivity index (χ3v) is 10.1. The first-order valence-electron chi connectivity index (χ1n) is 16.3. The molecule has 6 rings (SSSR count). The van der Waals surface area contributed by atoms with Gasteiger partial charge < -0.3 is 30.6 Å². The Hall–Kier alpha value is -3.54. The summed E-state index contributed by atoms with van der Waals surface area (Å²) in [4.78, 5) is 49.2. The summed E-state index contributed by atoms with van der Waals surface area (Å²) in [6.45, 7) is 8.19. The highest BCUT2D eigenvalue weighted by Gasteiger charge is 2.35. The molecule has 0 spiro atoms. The SMILES string of the molecule is CCc1cc(C[C@@H](OC(=O)N2CCC(n3c(=O)[nH]c4ccccc43)CC2)C(=O)N2CCC(N3CCNCC3)CC2)cc(Cl)c1N. The van der Waals surface area contributed by atoms with Crippen LogP contribution in [0.2, 0.25) is 5.02 Å². The van der Waals surface area contributed by atoms with Gasteiger partial charge in [-0.2, -0.15) is 0 Å². The van der Waals surface area contributed by atoms with Crippen LogP contribution in [0.15, 0.2) is 41.2 Å². The number of nitrogen functional groups attached to an aromatic ring is 1. The van der Waals surface area contributed by atoms with Crippen LogP contribution in [0.1, 0.15) is 49.8 Å². The van der Waals surface area contributed by atoms with Crippen molar-refractivity contribution in [2.75, 3.05) is 58.1 Å². The maximum atomic E-state index is 14.0. The number of nitrogens with two attached hydrogens (primary N) is 1. The van der Waals surface area contributed by atoms with Gasteiger partial charge in [-0.25, -0.2) is 9.59 Å². The van der Waals surface area contributed by atoms with E-state index in [4.69, 9.17) is 22.1 Å². The molecule has 0 aliphatic carbocycles. The highest BCUT2D eigenvalue weighted by Crippen LogP contribution is 2.29. The number of aromatic nitrogens is 2. The Morgan fingerprint density at radius 1 is 0.978 bits per heavy atom. The quantitative estimate of drug-likeness (QED) is 0.339. The molecule has 0 radical (unpaired) electrons. The second kappa shape index (κ2) is 13.8. The Bertz CT molecular complexity index is 1570. The van der Waals surface area contributed by atoms with Crippen molar-refractivity contribution in [3.8, 4) is 0 Å². The number of anilines is 1. The standard InChI is InChI=1S/C33H44ClN7O4/c1-2-23-19-22(20-26(34)30(23)35)21-29(31(42)39-13-7-24(8-14-39)38-17-11-36-12-18-38)45-33(44)40-15-9-25(10-16-40)41-28-6-4-3-5-27(28)37-32(41)43/h3-6,19-20,24-25,29,36H,2,7-18,21,35H2,1H3,(H,37,43)/t29-/m1/s1. The number of halogens is 1. The first-order valence-corrected chi connectivity index (χ1v) is 16.6. The molecule has 0 unspecified atom stereocenters. The van der Waals surface area contributed by atoms with Crippen LogP contribution in [0.5, 0.6) is 0 Å². The number of benzene rings is 2. The molecule has 11 nitrogen and oxygen atoms in total. The molecule has 12 heteroatoms. The molecule has 3 aromatic rings. The summed E-state index contributed by atoms with van der Waals surface area (Å²) in [6, 6.07) is 11.8. The molecule has 3 aliphatic rings. The Balaban J connectivity index is 1.14. The summed E-state index contributed by atoms with van der Waals surface area (Å²) in [5.74, 6) is -0.173. The van der Waals surface area contributed by atoms with Gasteiger partial charge in [0.1, 0.15) is 0 Å². The van der Waals surface area contributed by atoms with Crippen molar-refractivity contribution in [3.63, 3.8) is 0 Å². The maximum Gasteiger partial charge on any atom is 0.410 e. The molecular weight excluding hydrogens is 594 g/mol. The summed E-state index contributed by atoms with van der Waals surface area (Å²) in [5.41, 5.74) is 9.96. The molecule has 0 bridgehead atoms. The van der Waals surface area contributed by atoms with Gasteiger partial charge in [0.2, 0.25) is 0 Å². The number of nitrogens with one attached hydrogen (secondary N) is 2. The van der Waals surface area contributed by atoms with E-state index in [1.165, 1.54) is 0 Å². The molecule has 2 amide bonds. The number of para-hydroxylation sites is 2. The third kappa shape index (κ3) is 6.85. The topological polar surface area (TPSA) is 129 Å². The van der Waals surface area contributed by atoms with Crippen molar-refractivity contribution in [1.82, 2.24) is 29.6 Å². The number of piperidine rings is 2. The molecule has 2 aromatic carbocycles. The number of hydrogen-bond donors (Lipinski definition) is 3. The van der Waals surface area contributed by atoms with Gasteiger partial charge in [-0.05, 0) is 61.4 Å². The Labute approximate surface area is 268 Å². The second-order valence-electron chi connectivity index (χ2n) is 12.5. The van der Waals surface area contributed by atoms with Gasteiger partial charge in [-0.15, -0.1) is 0 Å². The minimum Gasteiger partial charge on any atom is -0.436 e. The highest BCUT2D eigenvalue weighted by molar-refractivity contribution is 6.33. The van der Waals surface area contributed by atoms with Crippen LogP contribution < -0.4 is 16.7 Å². The van der Waals surface area contributed by atoms with Crippen molar-refractivity contribution >= 4 is 40.3 Å². The van der Waals surface area contributed by atoms with Crippen LogP contribution in [0.3, 0.4) is 0 Å². The van der Waals surface area contributed by atoms with E-state index in [0.717, 1.165) is 61.2 Å². The van der Waals surface area contributed by atoms with Crippen LogP contribution in [0, 0.1) is 0 Å². The van der Waals surface area contributed by atoms with E-state index in [9.17, 15) is 14.4 Å². The predicted molar refractivity (Wildman–Crippen MR) is 176 cm³/mol. The molecule has 1 atom stereocenters. The number of carbonyl (C=O) groups is 2. The zero-order valence-electron chi connectivity index (χ0n) is 26.0. The van der Waals surface area contributed by atoms with Gasteiger partial charge >= 0.3 is 11.8 Å². The van der Waals surface area contributed by atoms with E-state index >= 15 is 0 Å². The molecule has 4 heterocycles. The number of fused-ring (bicyclic) bond motifs is 1. The molecule has 45 heavy (non-hydrogen) atoms. The summed E-state index contributed by atoms with van der Waals surface area (Å²) in [5, 5.41) is 3.84. The number of hydrogen-bond acceptors (Lipinski definition) is 7. The number of piperazine rings is 1. The molecule has 3 saturated heterocycles. The van der Waals surface area contributed by atoms with Crippen molar-refractivity contribution in [3.05, 3.63) is 63.0 Å². The minimum absolute atomic E-state index is 0.0310. The summed E-state index contributed by atoms with van der Waals surface area (Å²) < 4.78 is 7.84. The summed E-state index contributed by atoms with van der Waals surface area (Å²) in [7, 11) is 0. The van der Waals surface area contributed by atoms with Crippen LogP contribution >= 0.6 is 11.6 Å². The number of H-pyrrole nitrogens is 1. The zero-order chi connectivity index (χ0) is 31.5. The predicted octanol–water partition coefficient (Wildman–Crippen LogP) is 3.41. The van der Waals surface area contributed by atoms with Crippen LogP contribution in [0.25, 0.3) is 11.0 Å². The van der Waals surface area contributed by atoms with Gasteiger partial charge in [-0.3, -0.25) is 14.3 Å². The molecule has 3 fully saturated rings. The Kier molecular flexibility index (Phi) is 9.67. The fourth-order valence-corrected chi connectivity index (χ4v) is 7.44. The maximum absolute atomic E-state index is 14.0. The van der Waals surface area contributed by atoms with Crippen molar-refractivity contribution < 1.29 is 14.3 Å². The van der Waals surface area contributed by atoms with Gasteiger partial charge in [0.15, 0.2) is 6.10 Å². The van der Waals surface area contributed by atoms with Gasteiger partial charge in [0.25, 0.3) is 5.91 Å².